The molecule has 0 aliphatic carbocycles. The Balaban J connectivity index is -0.000000402. The second-order valence-corrected chi connectivity index (χ2v) is 16.2. The number of esters is 8. The molecule has 2 unspecified atom stereocenters. The Bertz CT molecular complexity index is 1600. The summed E-state index contributed by atoms with van der Waals surface area (Å²) >= 11 is 0. The van der Waals surface area contributed by atoms with E-state index >= 15 is 0 Å². The molecule has 0 rings (SSSR count). The molecule has 0 fully saturated rings. The van der Waals surface area contributed by atoms with E-state index in [9.17, 15) is 57.5 Å². The number of ketones is 4. The van der Waals surface area contributed by atoms with Crippen molar-refractivity contribution in [3.8, 4) is 0 Å². The van der Waals surface area contributed by atoms with Crippen LogP contribution < -0.4 is 22.9 Å². The van der Waals surface area contributed by atoms with Crippen molar-refractivity contribution in [3.63, 3.8) is 0 Å². The summed E-state index contributed by atoms with van der Waals surface area (Å²) in [5.74, 6) is -4.92. The van der Waals surface area contributed by atoms with Gasteiger partial charge in [0.1, 0.15) is 23.1 Å². The third-order valence-corrected chi connectivity index (χ3v) is 7.49. The summed E-state index contributed by atoms with van der Waals surface area (Å²) in [5.41, 5.74) is 19.0. The van der Waals surface area contributed by atoms with Crippen molar-refractivity contribution in [2.24, 2.45) is 33.8 Å². The maximum absolute atomic E-state index is 11.5. The Labute approximate surface area is 398 Å². The van der Waals surface area contributed by atoms with Gasteiger partial charge in [-0.05, 0) is 54.4 Å². The van der Waals surface area contributed by atoms with Crippen LogP contribution in [0.25, 0.3) is 0 Å². The number of hydrogen-bond donors (Lipinski definition) is 4. The number of Topliss-reactive ketones (excluding diaryl/α,β-unsaturated/α-hetero) is 4. The Hall–Kier alpha value is -5.72. The highest BCUT2D eigenvalue weighted by Gasteiger charge is 2.26. The quantitative estimate of drug-likeness (QED) is 0.0493. The highest BCUT2D eigenvalue weighted by molar-refractivity contribution is 5.86. The van der Waals surface area contributed by atoms with Gasteiger partial charge in [0, 0.05) is 52.4 Å². The van der Waals surface area contributed by atoms with Gasteiger partial charge in [-0.2, -0.15) is 0 Å². The van der Waals surface area contributed by atoms with Gasteiger partial charge in [0.25, 0.3) is 0 Å². The highest BCUT2D eigenvalue weighted by atomic mass is 16.7. The molecule has 0 bridgehead atoms. The maximum atomic E-state index is 11.5. The average Bonchev–Trinajstić information content (AvgIpc) is 3.25. The van der Waals surface area contributed by atoms with Gasteiger partial charge in [-0.3, -0.25) is 57.5 Å². The minimum Gasteiger partial charge on any atom is -0.428 e. The maximum Gasteiger partial charge on any atom is 0.314 e. The van der Waals surface area contributed by atoms with Gasteiger partial charge in [-0.25, -0.2) is 0 Å². The zero-order valence-electron chi connectivity index (χ0n) is 41.4. The Morgan fingerprint density at radius 1 is 0.353 bits per heavy atom. The van der Waals surface area contributed by atoms with E-state index in [0.29, 0.717) is 19.3 Å². The average molecular weight is 981 g/mol. The number of carbonyl (C=O) groups is 12. The van der Waals surface area contributed by atoms with Crippen LogP contribution in [0.1, 0.15) is 146 Å². The molecule has 0 aliphatic heterocycles. The molecule has 0 amide bonds. The van der Waals surface area contributed by atoms with Crippen LogP contribution in [0, 0.1) is 10.8 Å². The molecule has 2 atom stereocenters. The van der Waals surface area contributed by atoms with Crippen LogP contribution in [0.4, 0.5) is 0 Å². The predicted molar refractivity (Wildman–Crippen MR) is 239 cm³/mol. The minimum absolute atomic E-state index is 0.0370. The van der Waals surface area contributed by atoms with Crippen LogP contribution in [-0.2, 0) is 95.4 Å². The molecule has 68 heavy (non-hydrogen) atoms. The minimum atomic E-state index is -0.961. The number of carbonyl (C=O) groups excluding carboxylic acids is 12. The normalized spacial score (nSPS) is 11.3. The van der Waals surface area contributed by atoms with E-state index in [-0.39, 0.29) is 107 Å². The molecule has 0 saturated heterocycles. The lowest BCUT2D eigenvalue weighted by Crippen LogP contribution is -2.29. The van der Waals surface area contributed by atoms with Crippen LogP contribution >= 0.6 is 0 Å². The van der Waals surface area contributed by atoms with Crippen molar-refractivity contribution in [2.45, 2.75) is 159 Å². The van der Waals surface area contributed by atoms with E-state index in [1.807, 2.05) is 13.8 Å². The van der Waals surface area contributed by atoms with Crippen LogP contribution in [0.3, 0.4) is 0 Å². The van der Waals surface area contributed by atoms with Gasteiger partial charge in [0.15, 0.2) is 0 Å². The lowest BCUT2D eigenvalue weighted by molar-refractivity contribution is -0.191. The van der Waals surface area contributed by atoms with Crippen LogP contribution in [0.15, 0.2) is 0 Å². The zero-order valence-corrected chi connectivity index (χ0v) is 41.4. The molecule has 24 heteroatoms. The summed E-state index contributed by atoms with van der Waals surface area (Å²) in [4.78, 5) is 133. The third kappa shape index (κ3) is 45.4. The van der Waals surface area contributed by atoms with Gasteiger partial charge in [-0.15, -0.1) is 0 Å². The van der Waals surface area contributed by atoms with Crippen molar-refractivity contribution >= 4 is 70.9 Å². The molecule has 0 aromatic heterocycles. The summed E-state index contributed by atoms with van der Waals surface area (Å²) < 4.78 is 37.9. The van der Waals surface area contributed by atoms with Crippen LogP contribution in [0.2, 0.25) is 0 Å². The molecule has 0 spiro atoms. The zero-order chi connectivity index (χ0) is 53.5. The number of rotatable bonds is 28. The largest absolute Gasteiger partial charge is 0.428 e. The SMILES string of the molecule is CC(C)(C)C(=O)OCOC(=O)CCC(=O)CN.CC(OC(=O)CCC(=O)CN)OC(=O)C(C)(C)C.CCCC(=O)OC(C)OC(=O)CCC(=O)CN.CCCC(=O)OCOC(=O)CCC(=O)CN. The lowest BCUT2D eigenvalue weighted by Gasteiger charge is -2.20. The summed E-state index contributed by atoms with van der Waals surface area (Å²) in [7, 11) is 0. The predicted octanol–water partition coefficient (Wildman–Crippen LogP) is 1.82. The fraction of sp³-hybridized carbons (Fsp3) is 0.727. The van der Waals surface area contributed by atoms with Gasteiger partial charge < -0.3 is 60.8 Å². The van der Waals surface area contributed by atoms with E-state index in [1.54, 1.807) is 41.5 Å². The Morgan fingerprint density at radius 3 is 0.897 bits per heavy atom. The Kier molecular flexibility index (Phi) is 40.9. The first-order chi connectivity index (χ1) is 31.5. The molecule has 392 valence electrons. The molecule has 24 nitrogen and oxygen atoms in total. The van der Waals surface area contributed by atoms with Crippen LogP contribution in [-0.4, -0.2) is 123 Å². The monoisotopic (exact) mass is 981 g/mol. The van der Waals surface area contributed by atoms with Gasteiger partial charge in [0.2, 0.25) is 26.2 Å². The Morgan fingerprint density at radius 2 is 0.603 bits per heavy atom. The van der Waals surface area contributed by atoms with Crippen molar-refractivity contribution in [3.05, 3.63) is 0 Å². The van der Waals surface area contributed by atoms with E-state index < -0.39 is 84.8 Å². The highest BCUT2D eigenvalue weighted by Crippen LogP contribution is 2.17. The number of ether oxygens (including phenoxy) is 8. The summed E-state index contributed by atoms with van der Waals surface area (Å²) in [6.07, 6.45) is 0.0238. The fourth-order valence-electron chi connectivity index (χ4n) is 3.63. The van der Waals surface area contributed by atoms with E-state index in [0.717, 1.165) is 0 Å². The summed E-state index contributed by atoms with van der Waals surface area (Å²) in [5, 5.41) is 0. The summed E-state index contributed by atoms with van der Waals surface area (Å²) in [6.45, 7) is 15.6. The van der Waals surface area contributed by atoms with Crippen molar-refractivity contribution in [1.82, 2.24) is 0 Å². The van der Waals surface area contributed by atoms with Gasteiger partial charge in [0.05, 0.1) is 62.7 Å². The topological polar surface area (TPSA) is 383 Å². The molecule has 0 radical (unpaired) electrons. The molecule has 0 aliphatic rings. The standard InChI is InChI=1S/C12H21NO5.2C11H19NO5.C10H17NO5/c1-8(18-11(16)12(2,3)4)17-10(15)6-5-9(14)7-13;1-11(2,3)10(15)17-7-16-9(14)5-4-8(13)6-12;1-3-4-10(14)16-8(2)17-11(15)6-5-9(13)7-12;1-2-3-9(13)15-7-16-10(14)5-4-8(12)6-11/h8H,5-7,13H2,1-4H3;4-7,12H2,1-3H3;8H,3-7,12H2,1-2H3;2-7,11H2,1H3. The second kappa shape index (κ2) is 40.4. The van der Waals surface area contributed by atoms with E-state index in [1.165, 1.54) is 13.8 Å². The van der Waals surface area contributed by atoms with E-state index in [4.69, 9.17) is 46.6 Å². The van der Waals surface area contributed by atoms with Crippen molar-refractivity contribution in [1.29, 1.82) is 0 Å². The lowest BCUT2D eigenvalue weighted by atomic mass is 9.97. The van der Waals surface area contributed by atoms with E-state index in [2.05, 4.69) is 14.2 Å². The smallest absolute Gasteiger partial charge is 0.314 e. The van der Waals surface area contributed by atoms with Crippen molar-refractivity contribution < 1.29 is 95.4 Å². The fourth-order valence-corrected chi connectivity index (χ4v) is 3.63. The first kappa shape index (κ1) is 68.9. The molecule has 0 aromatic rings. The first-order valence-corrected chi connectivity index (χ1v) is 21.8. The molecular formula is C44H76N4O20. The van der Waals surface area contributed by atoms with Gasteiger partial charge in [-0.1, -0.05) is 13.8 Å². The number of hydrogen-bond acceptors (Lipinski definition) is 24. The molecule has 8 N–H and O–H groups in total. The van der Waals surface area contributed by atoms with Crippen LogP contribution in [0.5, 0.6) is 0 Å². The third-order valence-electron chi connectivity index (χ3n) is 7.49. The second-order valence-electron chi connectivity index (χ2n) is 16.2. The van der Waals surface area contributed by atoms with Crippen molar-refractivity contribution in [2.75, 3.05) is 39.8 Å². The molecule has 0 aromatic carbocycles. The molecule has 0 heterocycles. The first-order valence-electron chi connectivity index (χ1n) is 21.8. The molecular weight excluding hydrogens is 904 g/mol. The number of nitrogens with two attached hydrogens (primary N) is 4. The van der Waals surface area contributed by atoms with Gasteiger partial charge >= 0.3 is 47.8 Å². The summed E-state index contributed by atoms with van der Waals surface area (Å²) in [6, 6.07) is 0. The molecule has 0 saturated carbocycles.